The molecule has 2 N–H and O–H groups in total. The van der Waals surface area contributed by atoms with Gasteiger partial charge in [0.2, 0.25) is 0 Å². The van der Waals surface area contributed by atoms with Crippen molar-refractivity contribution < 1.29 is 0 Å². The molecule has 0 aliphatic heterocycles. The van der Waals surface area contributed by atoms with Crippen molar-refractivity contribution in [1.29, 1.82) is 0 Å². The Labute approximate surface area is 102 Å². The number of nitrogens with zero attached hydrogens (tertiary/aromatic N) is 2. The van der Waals surface area contributed by atoms with Crippen LogP contribution in [0.3, 0.4) is 0 Å². The number of benzene rings is 1. The minimum absolute atomic E-state index is 0.0772. The summed E-state index contributed by atoms with van der Waals surface area (Å²) in [5.74, 6) is 0. The molecule has 3 nitrogen and oxygen atoms in total. The molecule has 1 aromatic heterocycles. The van der Waals surface area contributed by atoms with Crippen molar-refractivity contribution in [2.24, 2.45) is 18.2 Å². The monoisotopic (exact) mass is 229 g/mol. The number of hydrogen-bond acceptors (Lipinski definition) is 2. The maximum Gasteiger partial charge on any atom is 0.0783 e. The van der Waals surface area contributed by atoms with Crippen LogP contribution in [0.25, 0.3) is 10.9 Å². The topological polar surface area (TPSA) is 43.8 Å². The van der Waals surface area contributed by atoms with E-state index in [4.69, 9.17) is 10.8 Å². The largest absolute Gasteiger partial charge is 0.330 e. The van der Waals surface area contributed by atoms with E-state index in [0.29, 0.717) is 6.54 Å². The highest BCUT2D eigenvalue weighted by Crippen LogP contribution is 2.64. The van der Waals surface area contributed by atoms with Gasteiger partial charge in [-0.25, -0.2) is 0 Å². The summed E-state index contributed by atoms with van der Waals surface area (Å²) in [4.78, 5) is 0. The van der Waals surface area contributed by atoms with Crippen LogP contribution in [0.1, 0.15) is 26.0 Å². The zero-order valence-electron chi connectivity index (χ0n) is 10.7. The quantitative estimate of drug-likeness (QED) is 0.858. The summed E-state index contributed by atoms with van der Waals surface area (Å²) >= 11 is 0. The normalized spacial score (nSPS) is 26.4. The van der Waals surface area contributed by atoms with Gasteiger partial charge >= 0.3 is 0 Å². The molecule has 0 radical (unpaired) electrons. The maximum absolute atomic E-state index is 6.03. The SMILES string of the molecule is Cn1nc(C2(CN)CC2(C)C)c2ccccc21. The highest BCUT2D eigenvalue weighted by molar-refractivity contribution is 5.83. The van der Waals surface area contributed by atoms with Crippen molar-refractivity contribution in [3.63, 3.8) is 0 Å². The van der Waals surface area contributed by atoms with E-state index in [1.165, 1.54) is 16.6 Å². The fourth-order valence-electron chi connectivity index (χ4n) is 3.13. The van der Waals surface area contributed by atoms with Crippen molar-refractivity contribution in [2.75, 3.05) is 6.54 Å². The molecular formula is C14H19N3. The van der Waals surface area contributed by atoms with Gasteiger partial charge in [0.05, 0.1) is 11.2 Å². The molecule has 0 spiro atoms. The van der Waals surface area contributed by atoms with Crippen LogP contribution in [-0.2, 0) is 12.5 Å². The number of nitrogens with two attached hydrogens (primary N) is 1. The first-order chi connectivity index (χ1) is 8.02. The van der Waals surface area contributed by atoms with E-state index < -0.39 is 0 Å². The number of hydrogen-bond donors (Lipinski definition) is 1. The van der Waals surface area contributed by atoms with E-state index in [-0.39, 0.29) is 10.8 Å². The predicted octanol–water partition coefficient (Wildman–Crippen LogP) is 2.20. The highest BCUT2D eigenvalue weighted by atomic mass is 15.3. The number of fused-ring (bicyclic) bond motifs is 1. The lowest BCUT2D eigenvalue weighted by Gasteiger charge is -2.16. The minimum Gasteiger partial charge on any atom is -0.330 e. The van der Waals surface area contributed by atoms with Gasteiger partial charge in [-0.2, -0.15) is 5.10 Å². The molecule has 0 saturated heterocycles. The summed E-state index contributed by atoms with van der Waals surface area (Å²) in [5.41, 5.74) is 8.76. The summed E-state index contributed by atoms with van der Waals surface area (Å²) in [6.07, 6.45) is 1.14. The second kappa shape index (κ2) is 3.10. The van der Waals surface area contributed by atoms with Gasteiger partial charge in [-0.3, -0.25) is 4.68 Å². The van der Waals surface area contributed by atoms with Crippen LogP contribution in [-0.4, -0.2) is 16.3 Å². The van der Waals surface area contributed by atoms with Crippen LogP contribution in [0.2, 0.25) is 0 Å². The van der Waals surface area contributed by atoms with E-state index in [2.05, 4.69) is 38.1 Å². The second-order valence-electron chi connectivity index (χ2n) is 5.84. The molecule has 1 saturated carbocycles. The van der Waals surface area contributed by atoms with Gasteiger partial charge in [-0.1, -0.05) is 32.0 Å². The van der Waals surface area contributed by atoms with Gasteiger partial charge in [0, 0.05) is 24.4 Å². The average Bonchev–Trinajstić information content (AvgIpc) is 2.72. The van der Waals surface area contributed by atoms with Crippen molar-refractivity contribution in [3.8, 4) is 0 Å². The van der Waals surface area contributed by atoms with E-state index in [1.807, 2.05) is 11.7 Å². The summed E-state index contributed by atoms with van der Waals surface area (Å²) in [6.45, 7) is 5.24. The minimum atomic E-state index is 0.0772. The molecule has 1 unspecified atom stereocenters. The van der Waals surface area contributed by atoms with Gasteiger partial charge in [-0.05, 0) is 17.9 Å². The van der Waals surface area contributed by atoms with Gasteiger partial charge in [0.1, 0.15) is 0 Å². The van der Waals surface area contributed by atoms with Crippen LogP contribution in [0.5, 0.6) is 0 Å². The van der Waals surface area contributed by atoms with Crippen LogP contribution >= 0.6 is 0 Å². The molecule has 2 aromatic rings. The zero-order chi connectivity index (χ0) is 12.3. The molecule has 0 bridgehead atoms. The number of aryl methyl sites for hydroxylation is 1. The fourth-order valence-corrected chi connectivity index (χ4v) is 3.13. The third-order valence-electron chi connectivity index (χ3n) is 4.47. The molecule has 17 heavy (non-hydrogen) atoms. The Morgan fingerprint density at radius 3 is 2.59 bits per heavy atom. The first-order valence-electron chi connectivity index (χ1n) is 6.14. The molecule has 0 amide bonds. The van der Waals surface area contributed by atoms with Crippen molar-refractivity contribution in [3.05, 3.63) is 30.0 Å². The van der Waals surface area contributed by atoms with Gasteiger partial charge in [-0.15, -0.1) is 0 Å². The summed E-state index contributed by atoms with van der Waals surface area (Å²) in [6, 6.07) is 8.41. The lowest BCUT2D eigenvalue weighted by atomic mass is 9.90. The Balaban J connectivity index is 2.26. The first kappa shape index (κ1) is 10.8. The third kappa shape index (κ3) is 1.23. The summed E-state index contributed by atoms with van der Waals surface area (Å²) < 4.78 is 1.97. The predicted molar refractivity (Wildman–Crippen MR) is 69.8 cm³/mol. The molecule has 1 atom stereocenters. The Kier molecular flexibility index (Phi) is 1.97. The molecule has 1 heterocycles. The molecule has 1 aliphatic carbocycles. The Bertz CT molecular complexity index is 582. The van der Waals surface area contributed by atoms with Gasteiger partial charge in [0.15, 0.2) is 0 Å². The van der Waals surface area contributed by atoms with E-state index in [0.717, 1.165) is 6.42 Å². The smallest absolute Gasteiger partial charge is 0.0783 e. The molecule has 1 fully saturated rings. The van der Waals surface area contributed by atoms with Gasteiger partial charge in [0.25, 0.3) is 0 Å². The highest BCUT2D eigenvalue weighted by Gasteiger charge is 2.63. The van der Waals surface area contributed by atoms with E-state index >= 15 is 0 Å². The Morgan fingerprint density at radius 1 is 1.35 bits per heavy atom. The zero-order valence-corrected chi connectivity index (χ0v) is 10.7. The maximum atomic E-state index is 6.03. The third-order valence-corrected chi connectivity index (χ3v) is 4.47. The van der Waals surface area contributed by atoms with E-state index in [1.54, 1.807) is 0 Å². The molecule has 3 heteroatoms. The number of rotatable bonds is 2. The molecular weight excluding hydrogens is 210 g/mol. The molecule has 3 rings (SSSR count). The van der Waals surface area contributed by atoms with Crippen LogP contribution in [0.4, 0.5) is 0 Å². The van der Waals surface area contributed by atoms with E-state index in [9.17, 15) is 0 Å². The first-order valence-corrected chi connectivity index (χ1v) is 6.14. The molecule has 1 aliphatic rings. The standard InChI is InChI=1S/C14H19N3/c1-13(2)8-14(13,9-15)12-10-6-4-5-7-11(10)17(3)16-12/h4-7H,8-9,15H2,1-3H3. The van der Waals surface area contributed by atoms with Crippen molar-refractivity contribution in [1.82, 2.24) is 9.78 Å². The Morgan fingerprint density at radius 2 is 2.00 bits per heavy atom. The number of para-hydroxylation sites is 1. The summed E-state index contributed by atoms with van der Waals surface area (Å²) in [7, 11) is 2.01. The van der Waals surface area contributed by atoms with Gasteiger partial charge < -0.3 is 5.73 Å². The van der Waals surface area contributed by atoms with Crippen molar-refractivity contribution >= 4 is 10.9 Å². The van der Waals surface area contributed by atoms with Crippen LogP contribution in [0, 0.1) is 5.41 Å². The van der Waals surface area contributed by atoms with Crippen LogP contribution in [0.15, 0.2) is 24.3 Å². The lowest BCUT2D eigenvalue weighted by Crippen LogP contribution is -2.26. The molecule has 1 aromatic carbocycles. The number of aromatic nitrogens is 2. The lowest BCUT2D eigenvalue weighted by molar-refractivity contribution is 0.490. The summed E-state index contributed by atoms with van der Waals surface area (Å²) in [5, 5.41) is 5.98. The average molecular weight is 229 g/mol. The molecule has 90 valence electrons. The van der Waals surface area contributed by atoms with Crippen LogP contribution < -0.4 is 5.73 Å². The Hall–Kier alpha value is -1.35. The second-order valence-corrected chi connectivity index (χ2v) is 5.84. The van der Waals surface area contributed by atoms with Crippen molar-refractivity contribution in [2.45, 2.75) is 25.7 Å². The fraction of sp³-hybridized carbons (Fsp3) is 0.500.